The monoisotopic (exact) mass is 395 g/mol. The molecule has 1 aromatic carbocycles. The van der Waals surface area contributed by atoms with Gasteiger partial charge in [0.1, 0.15) is 6.54 Å². The highest BCUT2D eigenvalue weighted by Gasteiger charge is 2.28. The van der Waals surface area contributed by atoms with Gasteiger partial charge in [0, 0.05) is 35.1 Å². The van der Waals surface area contributed by atoms with Crippen molar-refractivity contribution < 1.29 is 14.4 Å². The summed E-state index contributed by atoms with van der Waals surface area (Å²) in [7, 11) is 0. The number of aromatic nitrogens is 1. The Balaban J connectivity index is 1.55. The molecule has 2 aromatic heterocycles. The summed E-state index contributed by atoms with van der Waals surface area (Å²) in [4.78, 5) is 40.4. The van der Waals surface area contributed by atoms with Crippen molar-refractivity contribution in [2.45, 2.75) is 25.9 Å². The van der Waals surface area contributed by atoms with Gasteiger partial charge in [0.05, 0.1) is 12.1 Å². The Morgan fingerprint density at radius 3 is 2.57 bits per heavy atom. The summed E-state index contributed by atoms with van der Waals surface area (Å²) in [5.74, 6) is -1.10. The molecule has 144 valence electrons. The molecule has 1 N–H and O–H groups in total. The van der Waals surface area contributed by atoms with Gasteiger partial charge in [-0.05, 0) is 30.4 Å². The lowest BCUT2D eigenvalue weighted by Gasteiger charge is -2.13. The van der Waals surface area contributed by atoms with Crippen molar-refractivity contribution >= 4 is 39.8 Å². The Labute approximate surface area is 166 Å². The molecule has 4 rings (SSSR count). The van der Waals surface area contributed by atoms with Crippen LogP contribution >= 0.6 is 11.3 Å². The second-order valence-corrected chi connectivity index (χ2v) is 7.90. The number of carbonyl (C=O) groups is 3. The van der Waals surface area contributed by atoms with E-state index in [4.69, 9.17) is 0 Å². The lowest BCUT2D eigenvalue weighted by atomic mass is 10.1. The Bertz CT molecular complexity index is 1020. The third-order valence-corrected chi connectivity index (χ3v) is 5.85. The van der Waals surface area contributed by atoms with Crippen molar-refractivity contribution in [1.82, 2.24) is 14.8 Å². The van der Waals surface area contributed by atoms with Gasteiger partial charge in [0.2, 0.25) is 5.91 Å². The second-order valence-electron chi connectivity index (χ2n) is 6.87. The molecule has 3 aromatic rings. The number of amides is 2. The van der Waals surface area contributed by atoms with Crippen LogP contribution in [0.1, 0.15) is 28.1 Å². The molecule has 1 aliphatic rings. The van der Waals surface area contributed by atoms with Gasteiger partial charge in [-0.25, -0.2) is 0 Å². The van der Waals surface area contributed by atoms with Crippen LogP contribution in [0, 0.1) is 0 Å². The fourth-order valence-corrected chi connectivity index (χ4v) is 4.19. The van der Waals surface area contributed by atoms with E-state index in [9.17, 15) is 14.4 Å². The standard InChI is InChI=1S/C21H21N3O3S/c25-19(22-12-15-6-5-11-28-15)14-24-13-17(16-7-1-2-8-18(16)24)20(26)21(27)23-9-3-4-10-23/h1-2,5-8,11,13H,3-4,9-10,12,14H2,(H,22,25). The number of Topliss-reactive ketones (excluding diaryl/α,β-unsaturated/α-hetero) is 1. The number of rotatable bonds is 6. The van der Waals surface area contributed by atoms with Crippen LogP contribution in [-0.2, 0) is 22.7 Å². The summed E-state index contributed by atoms with van der Waals surface area (Å²) in [6, 6.07) is 11.3. The molecule has 0 atom stereocenters. The normalized spacial score (nSPS) is 13.8. The number of nitrogens with zero attached hydrogens (tertiary/aromatic N) is 2. The fraction of sp³-hybridized carbons (Fsp3) is 0.286. The number of thiophene rings is 1. The lowest BCUT2D eigenvalue weighted by Crippen LogP contribution is -2.34. The molecule has 0 aliphatic carbocycles. The predicted molar refractivity (Wildman–Crippen MR) is 108 cm³/mol. The summed E-state index contributed by atoms with van der Waals surface area (Å²) in [5, 5.41) is 5.56. The smallest absolute Gasteiger partial charge is 0.295 e. The molecule has 0 saturated carbocycles. The molecule has 1 fully saturated rings. The highest BCUT2D eigenvalue weighted by atomic mass is 32.1. The quantitative estimate of drug-likeness (QED) is 0.515. The maximum atomic E-state index is 12.8. The molecule has 1 aliphatic heterocycles. The lowest BCUT2D eigenvalue weighted by molar-refractivity contribution is -0.125. The van der Waals surface area contributed by atoms with Crippen molar-refractivity contribution in [2.75, 3.05) is 13.1 Å². The van der Waals surface area contributed by atoms with Crippen LogP contribution in [-0.4, -0.2) is 40.2 Å². The van der Waals surface area contributed by atoms with E-state index < -0.39 is 11.7 Å². The summed E-state index contributed by atoms with van der Waals surface area (Å²) in [6.45, 7) is 1.84. The number of likely N-dealkylation sites (tertiary alicyclic amines) is 1. The first-order chi connectivity index (χ1) is 13.6. The Morgan fingerprint density at radius 1 is 1.04 bits per heavy atom. The van der Waals surface area contributed by atoms with E-state index in [-0.39, 0.29) is 12.5 Å². The maximum Gasteiger partial charge on any atom is 0.295 e. The van der Waals surface area contributed by atoms with Crippen molar-refractivity contribution in [3.05, 3.63) is 58.4 Å². The van der Waals surface area contributed by atoms with Crippen LogP contribution in [0.15, 0.2) is 48.0 Å². The Hall–Kier alpha value is -2.93. The van der Waals surface area contributed by atoms with Crippen LogP contribution < -0.4 is 5.32 Å². The minimum atomic E-state index is -0.504. The van der Waals surface area contributed by atoms with Gasteiger partial charge in [0.15, 0.2) is 0 Å². The van der Waals surface area contributed by atoms with Gasteiger partial charge in [0.25, 0.3) is 11.7 Å². The molecule has 0 spiro atoms. The van der Waals surface area contributed by atoms with Crippen molar-refractivity contribution in [2.24, 2.45) is 0 Å². The zero-order valence-electron chi connectivity index (χ0n) is 15.4. The molecule has 7 heteroatoms. The van der Waals surface area contributed by atoms with Crippen LogP contribution in [0.5, 0.6) is 0 Å². The number of hydrogen-bond acceptors (Lipinski definition) is 4. The molecule has 3 heterocycles. The number of para-hydroxylation sites is 1. The summed E-state index contributed by atoms with van der Waals surface area (Å²) in [6.07, 6.45) is 3.50. The summed E-state index contributed by atoms with van der Waals surface area (Å²) in [5.41, 5.74) is 1.13. The minimum Gasteiger partial charge on any atom is -0.350 e. The van der Waals surface area contributed by atoms with E-state index in [2.05, 4.69) is 5.32 Å². The number of ketones is 1. The van der Waals surface area contributed by atoms with Crippen molar-refractivity contribution in [3.8, 4) is 0 Å². The van der Waals surface area contributed by atoms with Gasteiger partial charge in [-0.3, -0.25) is 14.4 Å². The molecule has 0 unspecified atom stereocenters. The van der Waals surface area contributed by atoms with Gasteiger partial charge in [-0.2, -0.15) is 0 Å². The Kier molecular flexibility index (Phi) is 5.25. The van der Waals surface area contributed by atoms with Crippen LogP contribution in [0.25, 0.3) is 10.9 Å². The third kappa shape index (κ3) is 3.71. The predicted octanol–water partition coefficient (Wildman–Crippen LogP) is 2.82. The first kappa shape index (κ1) is 18.4. The van der Waals surface area contributed by atoms with Crippen molar-refractivity contribution in [3.63, 3.8) is 0 Å². The average Bonchev–Trinajstić information content (AvgIpc) is 3.46. The van der Waals surface area contributed by atoms with Gasteiger partial charge in [-0.1, -0.05) is 24.3 Å². The molecule has 1 saturated heterocycles. The van der Waals surface area contributed by atoms with Crippen LogP contribution in [0.4, 0.5) is 0 Å². The molecule has 0 radical (unpaired) electrons. The zero-order valence-corrected chi connectivity index (χ0v) is 16.2. The van der Waals surface area contributed by atoms with Gasteiger partial charge in [-0.15, -0.1) is 11.3 Å². The largest absolute Gasteiger partial charge is 0.350 e. The van der Waals surface area contributed by atoms with Crippen LogP contribution in [0.3, 0.4) is 0 Å². The SMILES string of the molecule is O=C(Cn1cc(C(=O)C(=O)N2CCCC2)c2ccccc21)NCc1cccs1. The zero-order chi connectivity index (χ0) is 19.5. The minimum absolute atomic E-state index is 0.0943. The number of benzene rings is 1. The molecular formula is C21H21N3O3S. The molecule has 0 bridgehead atoms. The number of fused-ring (bicyclic) bond motifs is 1. The van der Waals surface area contributed by atoms with Crippen molar-refractivity contribution in [1.29, 1.82) is 0 Å². The van der Waals surface area contributed by atoms with Gasteiger partial charge < -0.3 is 14.8 Å². The molecular weight excluding hydrogens is 374 g/mol. The van der Waals surface area contributed by atoms with Gasteiger partial charge >= 0.3 is 0 Å². The second kappa shape index (κ2) is 7.98. The topological polar surface area (TPSA) is 71.4 Å². The maximum absolute atomic E-state index is 12.8. The third-order valence-electron chi connectivity index (χ3n) is 4.97. The van der Waals surface area contributed by atoms with E-state index >= 15 is 0 Å². The first-order valence-electron chi connectivity index (χ1n) is 9.34. The number of nitrogens with one attached hydrogen (secondary N) is 1. The average molecular weight is 395 g/mol. The van der Waals surface area contributed by atoms with Crippen LogP contribution in [0.2, 0.25) is 0 Å². The summed E-state index contributed by atoms with van der Waals surface area (Å²) < 4.78 is 1.74. The van der Waals surface area contributed by atoms with E-state index in [0.717, 1.165) is 23.2 Å². The molecule has 6 nitrogen and oxygen atoms in total. The molecule has 2 amide bonds. The first-order valence-corrected chi connectivity index (χ1v) is 10.2. The van der Waals surface area contributed by atoms with E-state index in [1.165, 1.54) is 0 Å². The highest BCUT2D eigenvalue weighted by molar-refractivity contribution is 7.09. The Morgan fingerprint density at radius 2 is 1.82 bits per heavy atom. The summed E-state index contributed by atoms with van der Waals surface area (Å²) >= 11 is 1.59. The van der Waals surface area contributed by atoms with E-state index in [1.807, 2.05) is 41.8 Å². The highest BCUT2D eigenvalue weighted by Crippen LogP contribution is 2.23. The fourth-order valence-electron chi connectivity index (χ4n) is 3.55. The number of carbonyl (C=O) groups excluding carboxylic acids is 3. The van der Waals surface area contributed by atoms with E-state index in [1.54, 1.807) is 27.0 Å². The number of hydrogen-bond donors (Lipinski definition) is 1. The molecule has 28 heavy (non-hydrogen) atoms. The van der Waals surface area contributed by atoms with E-state index in [0.29, 0.717) is 30.6 Å².